The monoisotopic (exact) mass is 336 g/mol. The van der Waals surface area contributed by atoms with Gasteiger partial charge in [-0.25, -0.2) is 0 Å². The molecule has 0 unspecified atom stereocenters. The van der Waals surface area contributed by atoms with Crippen LogP contribution in [0.1, 0.15) is 5.56 Å². The fourth-order valence-corrected chi connectivity index (χ4v) is 2.31. The minimum absolute atomic E-state index is 1.02. The Labute approximate surface area is 136 Å². The fraction of sp³-hybridized carbons (Fsp3) is 0.118. The van der Waals surface area contributed by atoms with Crippen molar-refractivity contribution in [2.45, 2.75) is 13.0 Å². The Balaban J connectivity index is 0.000000338. The van der Waals surface area contributed by atoms with Gasteiger partial charge in [-0.15, -0.1) is 0 Å². The van der Waals surface area contributed by atoms with E-state index >= 15 is 0 Å². The minimum atomic E-state index is -4.19. The third-order valence-corrected chi connectivity index (χ3v) is 3.27. The van der Waals surface area contributed by atoms with Gasteiger partial charge in [0.1, 0.15) is 0 Å². The van der Waals surface area contributed by atoms with Crippen molar-refractivity contribution in [2.24, 2.45) is 0 Å². The summed E-state index contributed by atoms with van der Waals surface area (Å²) < 4.78 is 32.5. The van der Waals surface area contributed by atoms with Crippen molar-refractivity contribution >= 4 is 10.9 Å². The number of aryl methyl sites for hydroxylation is 2. The smallest absolute Gasteiger partial charge is 0.198 e. The van der Waals surface area contributed by atoms with Crippen LogP contribution in [0.4, 0.5) is 0 Å². The Morgan fingerprint density at radius 2 is 1.39 bits per heavy atom. The largest absolute Gasteiger partial charge is 0.212 e. The summed E-state index contributed by atoms with van der Waals surface area (Å²) in [6.07, 6.45) is 3.23. The molecule has 3 N–H and O–H groups in total. The second-order valence-corrected chi connectivity index (χ2v) is 5.80. The van der Waals surface area contributed by atoms with E-state index in [2.05, 4.69) is 77.5 Å². The van der Waals surface area contributed by atoms with Gasteiger partial charge < -0.3 is 0 Å². The molecule has 0 bridgehead atoms. The van der Waals surface area contributed by atoms with Gasteiger partial charge in [0, 0.05) is 23.9 Å². The molecule has 3 rings (SSSR count). The molecule has 1 heterocycles. The first kappa shape index (κ1) is 17.3. The molecule has 0 aliphatic heterocycles. The van der Waals surface area contributed by atoms with E-state index in [0.29, 0.717) is 0 Å². The molecule has 0 radical (unpaired) electrons. The number of pyridine rings is 1. The molecule has 0 fully saturated rings. The minimum Gasteiger partial charge on any atom is -0.198 e. The first-order chi connectivity index (χ1) is 10.9. The standard InChI is InChI=1S/C17H16N.ClH3O4/c1-2-7-15(8-3-1)12-14-18-13-6-10-16-9-4-5-11-17(16)18;2-1(3,4)5/h1-11,13H,12,14H2;2-4H/q+1;. The summed E-state index contributed by atoms with van der Waals surface area (Å²) in [4.78, 5) is 0. The number of nitrogens with zero attached hydrogens (tertiary/aromatic N) is 1. The topological polar surface area (TPSA) is 87.6 Å². The van der Waals surface area contributed by atoms with E-state index in [9.17, 15) is 0 Å². The summed E-state index contributed by atoms with van der Waals surface area (Å²) in [6.45, 7) is 1.02. The van der Waals surface area contributed by atoms with Crippen molar-refractivity contribution < 1.29 is 33.4 Å². The van der Waals surface area contributed by atoms with Crippen molar-refractivity contribution in [1.82, 2.24) is 0 Å². The maximum Gasteiger partial charge on any atom is 0.212 e. The van der Waals surface area contributed by atoms with E-state index in [1.54, 1.807) is 0 Å². The number of hydrogen-bond donors (Lipinski definition) is 3. The Morgan fingerprint density at radius 1 is 0.826 bits per heavy atom. The molecule has 0 saturated carbocycles. The van der Waals surface area contributed by atoms with E-state index < -0.39 is 10.2 Å². The number of para-hydroxylation sites is 1. The molecular formula is C17H19ClNO4+. The SMILES string of the molecule is [O-][Cl+](O)(O)O.c1ccc(CC[n+]2cccc3ccccc32)cc1. The molecule has 1 aromatic heterocycles. The molecule has 0 saturated heterocycles. The first-order valence-electron chi connectivity index (χ1n) is 7.01. The van der Waals surface area contributed by atoms with Crippen LogP contribution in [0.2, 0.25) is 0 Å². The van der Waals surface area contributed by atoms with Gasteiger partial charge in [-0.3, -0.25) is 0 Å². The molecule has 122 valence electrons. The quantitative estimate of drug-likeness (QED) is 0.608. The van der Waals surface area contributed by atoms with Gasteiger partial charge in [-0.05, 0) is 17.7 Å². The van der Waals surface area contributed by atoms with Crippen LogP contribution in [-0.4, -0.2) is 14.0 Å². The Bertz CT molecular complexity index is 733. The normalized spacial score (nSPS) is 11.7. The van der Waals surface area contributed by atoms with E-state index in [1.165, 1.54) is 16.5 Å². The number of aromatic nitrogens is 1. The van der Waals surface area contributed by atoms with Crippen molar-refractivity contribution in [2.75, 3.05) is 0 Å². The average molecular weight is 337 g/mol. The third kappa shape index (κ3) is 6.32. The average Bonchev–Trinajstić information content (AvgIpc) is 2.52. The van der Waals surface area contributed by atoms with Gasteiger partial charge in [0.2, 0.25) is 5.52 Å². The summed E-state index contributed by atoms with van der Waals surface area (Å²) >= 11 is 0. The number of rotatable bonds is 3. The number of fused-ring (bicyclic) bond motifs is 1. The third-order valence-electron chi connectivity index (χ3n) is 3.27. The van der Waals surface area contributed by atoms with Gasteiger partial charge in [0.05, 0.1) is 0 Å². The van der Waals surface area contributed by atoms with Crippen LogP contribution in [0.15, 0.2) is 72.9 Å². The molecule has 2 aromatic carbocycles. The number of halogens is 1. The maximum atomic E-state index is 8.83. The second-order valence-electron chi connectivity index (χ2n) is 4.93. The van der Waals surface area contributed by atoms with Crippen molar-refractivity contribution in [1.29, 1.82) is 0 Å². The maximum absolute atomic E-state index is 8.83. The van der Waals surface area contributed by atoms with Gasteiger partial charge in [0.25, 0.3) is 0 Å². The molecular weight excluding hydrogens is 318 g/mol. The van der Waals surface area contributed by atoms with Gasteiger partial charge >= 0.3 is 28.9 Å². The molecule has 0 atom stereocenters. The second kappa shape index (κ2) is 8.01. The molecule has 0 amide bonds. The van der Waals surface area contributed by atoms with Crippen LogP contribution in [-0.2, 0) is 13.0 Å². The van der Waals surface area contributed by atoms with Gasteiger partial charge in [-0.1, -0.05) is 42.5 Å². The molecule has 0 aliphatic rings. The molecule has 0 aliphatic carbocycles. The Hall–Kier alpha value is -2.02. The van der Waals surface area contributed by atoms with Crippen molar-refractivity contribution in [3.63, 3.8) is 0 Å². The van der Waals surface area contributed by atoms with Crippen LogP contribution < -0.4 is 9.23 Å². The molecule has 0 spiro atoms. The van der Waals surface area contributed by atoms with Crippen molar-refractivity contribution in [3.05, 3.63) is 78.5 Å². The predicted octanol–water partition coefficient (Wildman–Crippen LogP) is 0.510. The van der Waals surface area contributed by atoms with E-state index in [0.717, 1.165) is 13.0 Å². The zero-order valence-corrected chi connectivity index (χ0v) is 13.2. The van der Waals surface area contributed by atoms with Crippen LogP contribution >= 0.6 is 0 Å². The number of hydrogen-bond acceptors (Lipinski definition) is 4. The molecule has 6 heteroatoms. The van der Waals surface area contributed by atoms with E-state index in [-0.39, 0.29) is 0 Å². The van der Waals surface area contributed by atoms with Crippen LogP contribution in [0.25, 0.3) is 10.9 Å². The zero-order chi connectivity index (χ0) is 16.7. The van der Waals surface area contributed by atoms with Crippen molar-refractivity contribution in [3.8, 4) is 0 Å². The van der Waals surface area contributed by atoms with Crippen LogP contribution in [0, 0.1) is 10.2 Å². The molecule has 23 heavy (non-hydrogen) atoms. The van der Waals surface area contributed by atoms with Crippen LogP contribution in [0.5, 0.6) is 0 Å². The summed E-state index contributed by atoms with van der Waals surface area (Å²) in [6, 6.07) is 23.4. The zero-order valence-electron chi connectivity index (χ0n) is 12.4. The van der Waals surface area contributed by atoms with Gasteiger partial charge in [-0.2, -0.15) is 4.57 Å². The summed E-state index contributed by atoms with van der Waals surface area (Å²) in [5.41, 5.74) is 2.69. The summed E-state index contributed by atoms with van der Waals surface area (Å²) in [5, 5.41) is 1.30. The molecule has 5 nitrogen and oxygen atoms in total. The summed E-state index contributed by atoms with van der Waals surface area (Å²) in [5.74, 6) is 0. The fourth-order valence-electron chi connectivity index (χ4n) is 2.31. The van der Waals surface area contributed by atoms with Gasteiger partial charge in [0.15, 0.2) is 12.7 Å². The Morgan fingerprint density at radius 3 is 2.09 bits per heavy atom. The van der Waals surface area contributed by atoms with E-state index in [1.807, 2.05) is 0 Å². The predicted molar refractivity (Wildman–Crippen MR) is 80.9 cm³/mol. The first-order valence-corrected chi connectivity index (χ1v) is 8.33. The molecule has 3 aromatic rings. The van der Waals surface area contributed by atoms with E-state index in [4.69, 9.17) is 18.6 Å². The Kier molecular flexibility index (Phi) is 6.04. The number of benzene rings is 2. The van der Waals surface area contributed by atoms with Crippen LogP contribution in [0.3, 0.4) is 0 Å². The summed E-state index contributed by atoms with van der Waals surface area (Å²) in [7, 11) is -4.19.